The number of amides is 1. The Morgan fingerprint density at radius 2 is 1.75 bits per heavy atom. The molecule has 0 bridgehead atoms. The quantitative estimate of drug-likeness (QED) is 0.258. The van der Waals surface area contributed by atoms with Crippen molar-refractivity contribution in [3.8, 4) is 11.5 Å². The van der Waals surface area contributed by atoms with E-state index in [9.17, 15) is 19.1 Å². The molecule has 1 saturated heterocycles. The number of rotatable bonds is 12. The molecule has 1 amide bonds. The molecule has 0 spiro atoms. The van der Waals surface area contributed by atoms with Crippen molar-refractivity contribution in [3.63, 3.8) is 0 Å². The van der Waals surface area contributed by atoms with E-state index < -0.39 is 23.5 Å². The van der Waals surface area contributed by atoms with Crippen LogP contribution in [-0.2, 0) is 9.59 Å². The van der Waals surface area contributed by atoms with Crippen molar-refractivity contribution in [1.29, 1.82) is 0 Å². The topological polar surface area (TPSA) is 79.3 Å². The first kappa shape index (κ1) is 27.2. The fourth-order valence-corrected chi connectivity index (χ4v) is 4.41. The second-order valence-corrected chi connectivity index (χ2v) is 8.64. The summed E-state index contributed by atoms with van der Waals surface area (Å²) in [7, 11) is 1.53. The molecule has 3 rings (SSSR count). The van der Waals surface area contributed by atoms with E-state index in [2.05, 4.69) is 18.7 Å². The van der Waals surface area contributed by atoms with Gasteiger partial charge in [-0.3, -0.25) is 9.59 Å². The molecule has 1 aliphatic rings. The van der Waals surface area contributed by atoms with E-state index in [1.807, 2.05) is 6.92 Å². The van der Waals surface area contributed by atoms with Crippen molar-refractivity contribution >= 4 is 17.4 Å². The summed E-state index contributed by atoms with van der Waals surface area (Å²) in [5.41, 5.74) is 0.845. The minimum absolute atomic E-state index is 0.0290. The number of ketones is 1. The highest BCUT2D eigenvalue weighted by Gasteiger charge is 2.46. The zero-order valence-corrected chi connectivity index (χ0v) is 21.4. The maximum absolute atomic E-state index is 13.5. The monoisotopic (exact) mass is 498 g/mol. The molecule has 1 atom stereocenters. The SMILES string of the molecule is CCCOc1ccc([C@H]2C(=C(O)c3ccc(F)cc3)C(=O)C(=O)N2CCCN(CC)CC)cc1OC. The number of aliphatic hydroxyl groups excluding tert-OH is 1. The Morgan fingerprint density at radius 3 is 2.36 bits per heavy atom. The smallest absolute Gasteiger partial charge is 0.295 e. The van der Waals surface area contributed by atoms with Gasteiger partial charge in [-0.25, -0.2) is 4.39 Å². The number of methoxy groups -OCH3 is 1. The second kappa shape index (κ2) is 12.5. The van der Waals surface area contributed by atoms with Gasteiger partial charge < -0.3 is 24.4 Å². The minimum atomic E-state index is -0.819. The lowest BCUT2D eigenvalue weighted by Gasteiger charge is -2.27. The molecule has 0 saturated carbocycles. The van der Waals surface area contributed by atoms with Crippen LogP contribution in [0.1, 0.15) is 50.8 Å². The van der Waals surface area contributed by atoms with Crippen LogP contribution in [0.25, 0.3) is 5.76 Å². The number of hydrogen-bond donors (Lipinski definition) is 1. The van der Waals surface area contributed by atoms with Gasteiger partial charge in [-0.1, -0.05) is 26.8 Å². The minimum Gasteiger partial charge on any atom is -0.507 e. The van der Waals surface area contributed by atoms with Crippen LogP contribution in [0, 0.1) is 5.82 Å². The van der Waals surface area contributed by atoms with Crippen LogP contribution in [-0.4, -0.2) is 66.5 Å². The summed E-state index contributed by atoms with van der Waals surface area (Å²) in [4.78, 5) is 30.1. The van der Waals surface area contributed by atoms with Gasteiger partial charge in [0.1, 0.15) is 11.6 Å². The van der Waals surface area contributed by atoms with E-state index in [1.165, 1.54) is 36.3 Å². The highest BCUT2D eigenvalue weighted by Crippen LogP contribution is 2.42. The predicted octanol–water partition coefficient (Wildman–Crippen LogP) is 4.78. The number of carbonyl (C=O) groups is 2. The summed E-state index contributed by atoms with van der Waals surface area (Å²) in [6.45, 7) is 9.56. The summed E-state index contributed by atoms with van der Waals surface area (Å²) >= 11 is 0. The number of carbonyl (C=O) groups excluding carboxylic acids is 2. The van der Waals surface area contributed by atoms with Crippen molar-refractivity contribution in [2.45, 2.75) is 39.7 Å². The van der Waals surface area contributed by atoms with Crippen LogP contribution in [0.3, 0.4) is 0 Å². The van der Waals surface area contributed by atoms with Gasteiger partial charge in [-0.05, 0) is 74.4 Å². The number of halogens is 1. The lowest BCUT2D eigenvalue weighted by Crippen LogP contribution is -2.33. The molecule has 1 N–H and O–H groups in total. The average molecular weight is 499 g/mol. The number of hydrogen-bond acceptors (Lipinski definition) is 6. The molecule has 36 heavy (non-hydrogen) atoms. The third-order valence-corrected chi connectivity index (χ3v) is 6.39. The Morgan fingerprint density at radius 1 is 1.06 bits per heavy atom. The molecule has 1 heterocycles. The van der Waals surface area contributed by atoms with Crippen LogP contribution >= 0.6 is 0 Å². The first-order valence-corrected chi connectivity index (χ1v) is 12.4. The van der Waals surface area contributed by atoms with Crippen LogP contribution in [0.15, 0.2) is 48.0 Å². The number of aliphatic hydroxyl groups is 1. The molecule has 0 aromatic heterocycles. The largest absolute Gasteiger partial charge is 0.507 e. The fourth-order valence-electron chi connectivity index (χ4n) is 4.41. The third-order valence-electron chi connectivity index (χ3n) is 6.39. The Hall–Kier alpha value is -3.39. The number of ether oxygens (including phenoxy) is 2. The van der Waals surface area contributed by atoms with Crippen LogP contribution in [0.5, 0.6) is 11.5 Å². The van der Waals surface area contributed by atoms with E-state index in [0.717, 1.165) is 26.1 Å². The lowest BCUT2D eigenvalue weighted by molar-refractivity contribution is -0.140. The zero-order valence-electron chi connectivity index (χ0n) is 21.4. The maximum Gasteiger partial charge on any atom is 0.295 e. The molecule has 1 fully saturated rings. The van der Waals surface area contributed by atoms with Gasteiger partial charge in [0.05, 0.1) is 25.3 Å². The zero-order chi connectivity index (χ0) is 26.2. The van der Waals surface area contributed by atoms with Crippen molar-refractivity contribution in [2.75, 3.05) is 39.9 Å². The summed E-state index contributed by atoms with van der Waals surface area (Å²) in [5, 5.41) is 11.1. The summed E-state index contributed by atoms with van der Waals surface area (Å²) in [6.07, 6.45) is 1.49. The van der Waals surface area contributed by atoms with E-state index >= 15 is 0 Å². The Bertz CT molecular complexity index is 1100. The first-order chi connectivity index (χ1) is 17.4. The van der Waals surface area contributed by atoms with Gasteiger partial charge in [-0.15, -0.1) is 0 Å². The van der Waals surface area contributed by atoms with E-state index in [0.29, 0.717) is 36.6 Å². The molecule has 7 nitrogen and oxygen atoms in total. The number of Topliss-reactive ketones (excluding diaryl/α,β-unsaturated/α-hetero) is 1. The van der Waals surface area contributed by atoms with Crippen molar-refractivity contribution in [1.82, 2.24) is 9.80 Å². The van der Waals surface area contributed by atoms with Crippen molar-refractivity contribution < 1.29 is 28.6 Å². The third kappa shape index (κ3) is 5.87. The molecular weight excluding hydrogens is 463 g/mol. The first-order valence-electron chi connectivity index (χ1n) is 12.4. The Balaban J connectivity index is 2.07. The molecule has 0 radical (unpaired) electrons. The second-order valence-electron chi connectivity index (χ2n) is 8.64. The van der Waals surface area contributed by atoms with Gasteiger partial charge in [0.25, 0.3) is 11.7 Å². The van der Waals surface area contributed by atoms with Gasteiger partial charge >= 0.3 is 0 Å². The molecule has 194 valence electrons. The van der Waals surface area contributed by atoms with E-state index in [1.54, 1.807) is 18.2 Å². The molecule has 0 unspecified atom stereocenters. The summed E-state index contributed by atoms with van der Waals surface area (Å²) < 4.78 is 24.8. The highest BCUT2D eigenvalue weighted by molar-refractivity contribution is 6.46. The van der Waals surface area contributed by atoms with Crippen LogP contribution in [0.4, 0.5) is 4.39 Å². The number of likely N-dealkylation sites (tertiary alicyclic amines) is 1. The van der Waals surface area contributed by atoms with Gasteiger partial charge in [0, 0.05) is 12.1 Å². The average Bonchev–Trinajstić information content (AvgIpc) is 3.14. The maximum atomic E-state index is 13.5. The molecule has 1 aliphatic heterocycles. The van der Waals surface area contributed by atoms with E-state index in [4.69, 9.17) is 9.47 Å². The summed E-state index contributed by atoms with van der Waals surface area (Å²) in [6, 6.07) is 9.62. The summed E-state index contributed by atoms with van der Waals surface area (Å²) in [5.74, 6) is -1.22. The van der Waals surface area contributed by atoms with Crippen LogP contribution < -0.4 is 9.47 Å². The molecule has 8 heteroatoms. The van der Waals surface area contributed by atoms with Crippen LogP contribution in [0.2, 0.25) is 0 Å². The Labute approximate surface area is 212 Å². The molecular formula is C28H35FN2O5. The van der Waals surface area contributed by atoms with Crippen molar-refractivity contribution in [2.24, 2.45) is 0 Å². The Kier molecular flexibility index (Phi) is 9.47. The van der Waals surface area contributed by atoms with Gasteiger partial charge in [-0.2, -0.15) is 0 Å². The lowest BCUT2D eigenvalue weighted by atomic mass is 9.95. The number of benzene rings is 2. The molecule has 0 aliphatic carbocycles. The van der Waals surface area contributed by atoms with E-state index in [-0.39, 0.29) is 16.9 Å². The standard InChI is InChI=1S/C28H35FN2O5/c1-5-17-36-22-14-11-20(18-23(22)35-4)25-24(26(32)19-9-12-21(29)13-10-19)27(33)28(34)31(25)16-8-15-30(6-2)7-3/h9-14,18,25,32H,5-8,15-17H2,1-4H3/t25-/m0/s1. The fraction of sp³-hybridized carbons (Fsp3) is 0.429. The van der Waals surface area contributed by atoms with Gasteiger partial charge in [0.15, 0.2) is 11.5 Å². The molecule has 2 aromatic carbocycles. The van der Waals surface area contributed by atoms with Crippen molar-refractivity contribution in [3.05, 3.63) is 65.0 Å². The molecule has 2 aromatic rings. The highest BCUT2D eigenvalue weighted by atomic mass is 19.1. The normalized spacial score (nSPS) is 17.2. The number of nitrogens with zero attached hydrogens (tertiary/aromatic N) is 2. The predicted molar refractivity (Wildman–Crippen MR) is 137 cm³/mol. The van der Waals surface area contributed by atoms with Gasteiger partial charge in [0.2, 0.25) is 0 Å².